The van der Waals surface area contributed by atoms with Gasteiger partial charge in [0, 0.05) is 23.2 Å². The van der Waals surface area contributed by atoms with E-state index < -0.39 is 28.8 Å². The van der Waals surface area contributed by atoms with Crippen LogP contribution in [0.1, 0.15) is 38.7 Å². The molecule has 3 N–H and O–H groups in total. The first kappa shape index (κ1) is 23.9. The number of ether oxygens (including phenoxy) is 1. The van der Waals surface area contributed by atoms with Crippen LogP contribution in [-0.2, 0) is 4.79 Å². The van der Waals surface area contributed by atoms with Crippen LogP contribution in [-0.4, -0.2) is 28.2 Å². The molecule has 0 saturated heterocycles. The highest BCUT2D eigenvalue weighted by molar-refractivity contribution is 5.93. The van der Waals surface area contributed by atoms with Gasteiger partial charge in [0.05, 0.1) is 6.10 Å². The number of carboxylic acid groups (broad SMARTS) is 1. The highest BCUT2D eigenvalue weighted by Gasteiger charge is 2.33. The van der Waals surface area contributed by atoms with Gasteiger partial charge in [-0.05, 0) is 49.4 Å². The van der Waals surface area contributed by atoms with Gasteiger partial charge in [-0.1, -0.05) is 43.3 Å². The van der Waals surface area contributed by atoms with Crippen molar-refractivity contribution in [3.8, 4) is 5.75 Å². The van der Waals surface area contributed by atoms with Crippen LogP contribution < -0.4 is 26.2 Å². The summed E-state index contributed by atoms with van der Waals surface area (Å²) in [6.07, 6.45) is 1.92. The van der Waals surface area contributed by atoms with Gasteiger partial charge in [-0.15, -0.1) is 0 Å². The van der Waals surface area contributed by atoms with Crippen LogP contribution in [0, 0.1) is 0 Å². The van der Waals surface area contributed by atoms with Crippen LogP contribution >= 0.6 is 0 Å². The number of pyridine rings is 1. The van der Waals surface area contributed by atoms with E-state index in [1.807, 2.05) is 61.5 Å². The van der Waals surface area contributed by atoms with Crippen LogP contribution in [0.3, 0.4) is 0 Å². The lowest BCUT2D eigenvalue weighted by Crippen LogP contribution is -2.43. The van der Waals surface area contributed by atoms with Crippen LogP contribution in [0.25, 0.3) is 10.8 Å². The standard InChI is InChI=1S/C27H27N3O5/c1-4-19(21(27(33)34)30-22-23(31)24(32)25(22)35-15(2)3)17-9-11-18(12-10-17)29-26-20-8-6-5-7-16(20)13-14-28-26/h5-15,19,21,30H,4H2,1-3H3,(H,28,29)(H,33,34). The largest absolute Gasteiger partial charge is 0.485 e. The normalized spacial score (nSPS) is 13.0. The Balaban J connectivity index is 1.57. The van der Waals surface area contributed by atoms with Crippen molar-refractivity contribution in [2.45, 2.75) is 45.3 Å². The summed E-state index contributed by atoms with van der Waals surface area (Å²) in [4.78, 5) is 40.6. The minimum Gasteiger partial charge on any atom is -0.485 e. The molecule has 3 aromatic carbocycles. The minimum absolute atomic E-state index is 0.0742. The van der Waals surface area contributed by atoms with Crippen molar-refractivity contribution >= 4 is 33.9 Å². The first-order chi connectivity index (χ1) is 16.8. The van der Waals surface area contributed by atoms with Gasteiger partial charge in [-0.2, -0.15) is 0 Å². The third-order valence-electron chi connectivity index (χ3n) is 5.90. The van der Waals surface area contributed by atoms with E-state index in [-0.39, 0.29) is 17.5 Å². The molecule has 180 valence electrons. The van der Waals surface area contributed by atoms with E-state index in [1.54, 1.807) is 20.0 Å². The zero-order chi connectivity index (χ0) is 25.1. The Morgan fingerprint density at radius 1 is 1.03 bits per heavy atom. The van der Waals surface area contributed by atoms with Crippen molar-refractivity contribution in [3.63, 3.8) is 0 Å². The molecule has 8 nitrogen and oxygen atoms in total. The van der Waals surface area contributed by atoms with Crippen molar-refractivity contribution in [1.82, 2.24) is 4.98 Å². The SMILES string of the molecule is CCC(c1ccc(Nc2nccc3ccccc23)cc1)C(Nc1c(OC(C)C)c(=O)c1=O)C(=O)O. The first-order valence-electron chi connectivity index (χ1n) is 11.5. The number of nitrogens with one attached hydrogen (secondary N) is 2. The van der Waals surface area contributed by atoms with E-state index in [2.05, 4.69) is 15.6 Å². The van der Waals surface area contributed by atoms with E-state index in [4.69, 9.17) is 4.74 Å². The fraction of sp³-hybridized carbons (Fsp3) is 0.259. The van der Waals surface area contributed by atoms with Crippen molar-refractivity contribution in [2.24, 2.45) is 0 Å². The lowest BCUT2D eigenvalue weighted by Gasteiger charge is -2.27. The topological polar surface area (TPSA) is 118 Å². The Bertz CT molecular complexity index is 1420. The molecule has 0 saturated carbocycles. The lowest BCUT2D eigenvalue weighted by atomic mass is 9.88. The van der Waals surface area contributed by atoms with Crippen molar-refractivity contribution in [1.29, 1.82) is 0 Å². The molecule has 0 radical (unpaired) electrons. The summed E-state index contributed by atoms with van der Waals surface area (Å²) in [6.45, 7) is 5.34. The lowest BCUT2D eigenvalue weighted by molar-refractivity contribution is -0.138. The summed E-state index contributed by atoms with van der Waals surface area (Å²) in [7, 11) is 0. The third kappa shape index (κ3) is 4.87. The summed E-state index contributed by atoms with van der Waals surface area (Å²) < 4.78 is 5.42. The second-order valence-corrected chi connectivity index (χ2v) is 8.63. The molecular formula is C27H27N3O5. The molecule has 2 atom stereocenters. The molecule has 0 aliphatic heterocycles. The number of carboxylic acids is 1. The number of benzene rings is 2. The van der Waals surface area contributed by atoms with Gasteiger partial charge < -0.3 is 20.5 Å². The number of hydrogen-bond donors (Lipinski definition) is 3. The molecule has 2 unspecified atom stereocenters. The van der Waals surface area contributed by atoms with Gasteiger partial charge in [0.1, 0.15) is 17.5 Å². The summed E-state index contributed by atoms with van der Waals surface area (Å²) >= 11 is 0. The molecule has 1 aromatic heterocycles. The Kier molecular flexibility index (Phi) is 6.82. The summed E-state index contributed by atoms with van der Waals surface area (Å²) in [6, 6.07) is 16.2. The number of rotatable bonds is 10. The highest BCUT2D eigenvalue weighted by atomic mass is 16.5. The number of carbonyl (C=O) groups is 1. The van der Waals surface area contributed by atoms with Crippen molar-refractivity contribution in [2.75, 3.05) is 10.6 Å². The maximum atomic E-state index is 12.2. The van der Waals surface area contributed by atoms with Gasteiger partial charge in [0.2, 0.25) is 0 Å². The second-order valence-electron chi connectivity index (χ2n) is 8.63. The Morgan fingerprint density at radius 2 is 1.74 bits per heavy atom. The maximum Gasteiger partial charge on any atom is 0.326 e. The predicted molar refractivity (Wildman–Crippen MR) is 137 cm³/mol. The molecule has 0 bridgehead atoms. The quantitative estimate of drug-likeness (QED) is 0.290. The Morgan fingerprint density at radius 3 is 2.40 bits per heavy atom. The predicted octanol–water partition coefficient (Wildman–Crippen LogP) is 4.42. The smallest absolute Gasteiger partial charge is 0.326 e. The third-order valence-corrected chi connectivity index (χ3v) is 5.90. The zero-order valence-corrected chi connectivity index (χ0v) is 19.7. The highest BCUT2D eigenvalue weighted by Crippen LogP contribution is 2.30. The molecule has 8 heteroatoms. The van der Waals surface area contributed by atoms with Crippen LogP contribution in [0.15, 0.2) is 70.4 Å². The number of aromatic nitrogens is 1. The molecular weight excluding hydrogens is 446 g/mol. The van der Waals surface area contributed by atoms with Gasteiger partial charge in [-0.25, -0.2) is 9.78 Å². The molecule has 0 spiro atoms. The molecule has 0 aliphatic carbocycles. The first-order valence-corrected chi connectivity index (χ1v) is 11.5. The van der Waals surface area contributed by atoms with E-state index in [1.165, 1.54) is 0 Å². The summed E-state index contributed by atoms with van der Waals surface area (Å²) in [5, 5.41) is 18.1. The van der Waals surface area contributed by atoms with Crippen molar-refractivity contribution < 1.29 is 14.6 Å². The van der Waals surface area contributed by atoms with Crippen LogP contribution in [0.5, 0.6) is 5.75 Å². The summed E-state index contributed by atoms with van der Waals surface area (Å²) in [5.41, 5.74) is 0.0193. The minimum atomic E-state index is -1.12. The monoisotopic (exact) mass is 473 g/mol. The van der Waals surface area contributed by atoms with Crippen molar-refractivity contribution in [3.05, 3.63) is 86.8 Å². The number of anilines is 3. The molecule has 0 fully saturated rings. The van der Waals surface area contributed by atoms with Gasteiger partial charge in [0.25, 0.3) is 10.9 Å². The Hall–Kier alpha value is -4.20. The molecule has 0 amide bonds. The van der Waals surface area contributed by atoms with Gasteiger partial charge >= 0.3 is 5.97 Å². The maximum absolute atomic E-state index is 12.2. The zero-order valence-electron chi connectivity index (χ0n) is 19.7. The molecule has 0 aliphatic rings. The average molecular weight is 474 g/mol. The molecule has 4 rings (SSSR count). The second kappa shape index (κ2) is 9.97. The van der Waals surface area contributed by atoms with E-state index >= 15 is 0 Å². The fourth-order valence-corrected chi connectivity index (χ4v) is 4.17. The van der Waals surface area contributed by atoms with Crippen LogP contribution in [0.4, 0.5) is 17.2 Å². The van der Waals surface area contributed by atoms with Gasteiger partial charge in [-0.3, -0.25) is 9.59 Å². The Labute approximate surface area is 202 Å². The molecule has 1 heterocycles. The van der Waals surface area contributed by atoms with Crippen LogP contribution in [0.2, 0.25) is 0 Å². The molecule has 4 aromatic rings. The van der Waals surface area contributed by atoms with E-state index in [0.717, 1.165) is 27.8 Å². The fourth-order valence-electron chi connectivity index (χ4n) is 4.17. The number of aliphatic carboxylic acids is 1. The van der Waals surface area contributed by atoms with E-state index in [0.29, 0.717) is 6.42 Å². The summed E-state index contributed by atoms with van der Waals surface area (Å²) in [5.74, 6) is -0.949. The van der Waals surface area contributed by atoms with E-state index in [9.17, 15) is 19.5 Å². The average Bonchev–Trinajstić information content (AvgIpc) is 2.86. The van der Waals surface area contributed by atoms with Gasteiger partial charge in [0.15, 0.2) is 5.75 Å². The number of fused-ring (bicyclic) bond motifs is 1. The number of hydrogen-bond acceptors (Lipinski definition) is 7. The molecule has 35 heavy (non-hydrogen) atoms. The number of nitrogens with zero attached hydrogens (tertiary/aromatic N) is 1.